The van der Waals surface area contributed by atoms with E-state index in [9.17, 15) is 18.3 Å². The van der Waals surface area contributed by atoms with Gasteiger partial charge in [0.1, 0.15) is 5.75 Å². The number of halogens is 3. The Kier molecular flexibility index (Phi) is 4.55. The van der Waals surface area contributed by atoms with Crippen LogP contribution in [0, 0.1) is 0 Å². The molecule has 1 aromatic carbocycles. The van der Waals surface area contributed by atoms with Crippen molar-refractivity contribution in [1.82, 2.24) is 9.80 Å². The Morgan fingerprint density at radius 2 is 1.70 bits per heavy atom. The van der Waals surface area contributed by atoms with Crippen LogP contribution in [-0.2, 0) is 12.7 Å². The molecule has 1 aliphatic rings. The number of alkyl halides is 3. The van der Waals surface area contributed by atoms with Gasteiger partial charge in [0, 0.05) is 32.7 Å². The molecular formula is C14H19F3N2O. The SMILES string of the molecule is CCN1CCN(Cc2ccc(O)c(C(F)(F)F)c2)CC1. The van der Waals surface area contributed by atoms with Crippen LogP contribution in [0.15, 0.2) is 18.2 Å². The number of aromatic hydroxyl groups is 1. The van der Waals surface area contributed by atoms with E-state index < -0.39 is 17.5 Å². The highest BCUT2D eigenvalue weighted by molar-refractivity contribution is 5.38. The van der Waals surface area contributed by atoms with E-state index in [4.69, 9.17) is 0 Å². The second kappa shape index (κ2) is 6.01. The first-order chi connectivity index (χ1) is 9.40. The molecule has 1 aliphatic heterocycles. The molecule has 112 valence electrons. The predicted octanol–water partition coefficient (Wildman–Crippen LogP) is 2.55. The number of nitrogens with zero attached hydrogens (tertiary/aromatic N) is 2. The maximum absolute atomic E-state index is 12.7. The summed E-state index contributed by atoms with van der Waals surface area (Å²) in [5, 5.41) is 9.30. The van der Waals surface area contributed by atoms with E-state index in [0.29, 0.717) is 12.1 Å². The number of hydrogen-bond acceptors (Lipinski definition) is 3. The molecule has 1 fully saturated rings. The van der Waals surface area contributed by atoms with Crippen molar-refractivity contribution in [3.63, 3.8) is 0 Å². The van der Waals surface area contributed by atoms with Crippen LogP contribution in [0.2, 0.25) is 0 Å². The van der Waals surface area contributed by atoms with E-state index in [1.54, 1.807) is 6.07 Å². The summed E-state index contributed by atoms with van der Waals surface area (Å²) in [5.74, 6) is -0.711. The van der Waals surface area contributed by atoms with Crippen molar-refractivity contribution in [1.29, 1.82) is 0 Å². The Bertz CT molecular complexity index is 454. The lowest BCUT2D eigenvalue weighted by molar-refractivity contribution is -0.138. The molecule has 1 aromatic rings. The Labute approximate surface area is 116 Å². The Morgan fingerprint density at radius 1 is 1.10 bits per heavy atom. The van der Waals surface area contributed by atoms with E-state index >= 15 is 0 Å². The zero-order chi connectivity index (χ0) is 14.8. The van der Waals surface area contributed by atoms with E-state index in [-0.39, 0.29) is 0 Å². The molecule has 0 atom stereocenters. The molecule has 0 unspecified atom stereocenters. The summed E-state index contributed by atoms with van der Waals surface area (Å²) in [5.41, 5.74) is -0.373. The summed E-state index contributed by atoms with van der Waals surface area (Å²) in [6, 6.07) is 3.72. The molecule has 1 N–H and O–H groups in total. The molecule has 3 nitrogen and oxygen atoms in total. The largest absolute Gasteiger partial charge is 0.507 e. The number of phenols is 1. The highest BCUT2D eigenvalue weighted by Crippen LogP contribution is 2.36. The second-order valence-electron chi connectivity index (χ2n) is 5.06. The highest BCUT2D eigenvalue weighted by atomic mass is 19.4. The van der Waals surface area contributed by atoms with Gasteiger partial charge >= 0.3 is 6.18 Å². The van der Waals surface area contributed by atoms with Gasteiger partial charge in [-0.25, -0.2) is 0 Å². The van der Waals surface area contributed by atoms with Gasteiger partial charge in [-0.1, -0.05) is 13.0 Å². The number of piperazine rings is 1. The van der Waals surface area contributed by atoms with E-state index in [1.165, 1.54) is 0 Å². The summed E-state index contributed by atoms with van der Waals surface area (Å²) in [6.45, 7) is 7.20. The molecule has 0 saturated carbocycles. The van der Waals surface area contributed by atoms with Crippen LogP contribution >= 0.6 is 0 Å². The fourth-order valence-corrected chi connectivity index (χ4v) is 2.43. The molecule has 0 radical (unpaired) electrons. The van der Waals surface area contributed by atoms with Gasteiger partial charge in [-0.2, -0.15) is 13.2 Å². The van der Waals surface area contributed by atoms with E-state index in [2.05, 4.69) is 16.7 Å². The quantitative estimate of drug-likeness (QED) is 0.926. The van der Waals surface area contributed by atoms with Crippen molar-refractivity contribution in [2.75, 3.05) is 32.7 Å². The monoisotopic (exact) mass is 288 g/mol. The summed E-state index contributed by atoms with van der Waals surface area (Å²) >= 11 is 0. The minimum atomic E-state index is -4.51. The van der Waals surface area contributed by atoms with Gasteiger partial charge in [0.05, 0.1) is 5.56 Å². The maximum Gasteiger partial charge on any atom is 0.419 e. The standard InChI is InChI=1S/C14H19F3N2O/c1-2-18-5-7-19(8-6-18)10-11-3-4-13(20)12(9-11)14(15,16)17/h3-4,9,20H,2,5-8,10H2,1H3. The van der Waals surface area contributed by atoms with Crippen LogP contribution in [0.1, 0.15) is 18.1 Å². The summed E-state index contributed by atoms with van der Waals surface area (Å²) in [7, 11) is 0. The van der Waals surface area contributed by atoms with E-state index in [0.717, 1.165) is 44.9 Å². The van der Waals surface area contributed by atoms with Crippen LogP contribution in [0.3, 0.4) is 0 Å². The molecule has 0 aliphatic carbocycles. The first-order valence-electron chi connectivity index (χ1n) is 6.74. The lowest BCUT2D eigenvalue weighted by Crippen LogP contribution is -2.45. The highest BCUT2D eigenvalue weighted by Gasteiger charge is 2.34. The molecular weight excluding hydrogens is 269 g/mol. The smallest absolute Gasteiger partial charge is 0.419 e. The normalized spacial score (nSPS) is 18.4. The van der Waals surface area contributed by atoms with Crippen molar-refractivity contribution >= 4 is 0 Å². The third-order valence-corrected chi connectivity index (χ3v) is 3.68. The van der Waals surface area contributed by atoms with Crippen molar-refractivity contribution in [3.05, 3.63) is 29.3 Å². The van der Waals surface area contributed by atoms with Crippen molar-refractivity contribution in [2.45, 2.75) is 19.6 Å². The Hall–Kier alpha value is -1.27. The molecule has 20 heavy (non-hydrogen) atoms. The fraction of sp³-hybridized carbons (Fsp3) is 0.571. The number of hydrogen-bond donors (Lipinski definition) is 1. The number of rotatable bonds is 3. The number of benzene rings is 1. The Morgan fingerprint density at radius 3 is 2.25 bits per heavy atom. The molecule has 0 bridgehead atoms. The first-order valence-corrected chi connectivity index (χ1v) is 6.74. The third kappa shape index (κ3) is 3.64. The maximum atomic E-state index is 12.7. The summed E-state index contributed by atoms with van der Waals surface area (Å²) < 4.78 is 38.2. The van der Waals surface area contributed by atoms with Crippen LogP contribution in [-0.4, -0.2) is 47.6 Å². The number of likely N-dealkylation sites (N-methyl/N-ethyl adjacent to an activating group) is 1. The second-order valence-corrected chi connectivity index (χ2v) is 5.06. The zero-order valence-corrected chi connectivity index (χ0v) is 11.5. The summed E-state index contributed by atoms with van der Waals surface area (Å²) in [4.78, 5) is 4.45. The molecule has 0 aromatic heterocycles. The van der Waals surface area contributed by atoms with Crippen molar-refractivity contribution in [2.24, 2.45) is 0 Å². The molecule has 1 heterocycles. The summed E-state index contributed by atoms with van der Waals surface area (Å²) in [6.07, 6.45) is -4.51. The Balaban J connectivity index is 2.04. The molecule has 0 amide bonds. The average molecular weight is 288 g/mol. The van der Waals surface area contributed by atoms with Gasteiger partial charge in [-0.3, -0.25) is 4.90 Å². The fourth-order valence-electron chi connectivity index (χ4n) is 2.43. The van der Waals surface area contributed by atoms with E-state index in [1.807, 2.05) is 0 Å². The molecule has 1 saturated heterocycles. The van der Waals surface area contributed by atoms with Crippen LogP contribution in [0.5, 0.6) is 5.75 Å². The van der Waals surface area contributed by atoms with Crippen LogP contribution in [0.25, 0.3) is 0 Å². The zero-order valence-electron chi connectivity index (χ0n) is 11.5. The minimum absolute atomic E-state index is 0.487. The average Bonchev–Trinajstić information content (AvgIpc) is 2.40. The minimum Gasteiger partial charge on any atom is -0.507 e. The van der Waals surface area contributed by atoms with Gasteiger partial charge in [-0.05, 0) is 24.2 Å². The van der Waals surface area contributed by atoms with Crippen molar-refractivity contribution in [3.8, 4) is 5.75 Å². The molecule has 2 rings (SSSR count). The molecule has 6 heteroatoms. The van der Waals surface area contributed by atoms with Crippen molar-refractivity contribution < 1.29 is 18.3 Å². The van der Waals surface area contributed by atoms with Crippen LogP contribution in [0.4, 0.5) is 13.2 Å². The lowest BCUT2D eigenvalue weighted by Gasteiger charge is -2.34. The number of phenolic OH excluding ortho intramolecular Hbond substituents is 1. The topological polar surface area (TPSA) is 26.7 Å². The third-order valence-electron chi connectivity index (χ3n) is 3.68. The lowest BCUT2D eigenvalue weighted by atomic mass is 10.1. The van der Waals surface area contributed by atoms with Gasteiger partial charge in [0.25, 0.3) is 0 Å². The van der Waals surface area contributed by atoms with Gasteiger partial charge in [-0.15, -0.1) is 0 Å². The van der Waals surface area contributed by atoms with Crippen LogP contribution < -0.4 is 0 Å². The predicted molar refractivity (Wildman–Crippen MR) is 70.5 cm³/mol. The molecule has 0 spiro atoms. The van der Waals surface area contributed by atoms with Gasteiger partial charge < -0.3 is 10.0 Å². The van der Waals surface area contributed by atoms with Gasteiger partial charge in [0.2, 0.25) is 0 Å². The van der Waals surface area contributed by atoms with Gasteiger partial charge in [0.15, 0.2) is 0 Å². The first kappa shape index (κ1) is 15.1.